The number of urea groups is 1. The number of aliphatic hydroxyl groups excluding tert-OH is 1. The molecule has 1 aromatic carbocycles. The van der Waals surface area contributed by atoms with Crippen LogP contribution >= 0.6 is 0 Å². The molecular formula is C25H38N4O4. The van der Waals surface area contributed by atoms with Crippen molar-refractivity contribution in [2.45, 2.75) is 68.0 Å². The summed E-state index contributed by atoms with van der Waals surface area (Å²) in [5, 5.41) is 26.0. The first-order chi connectivity index (χ1) is 15.9. The number of benzene rings is 1. The largest absolute Gasteiger partial charge is 0.395 e. The third-order valence-electron chi connectivity index (χ3n) is 8.18. The average molecular weight is 459 g/mol. The van der Waals surface area contributed by atoms with Crippen LogP contribution in [0.2, 0.25) is 0 Å². The fraction of sp³-hybridized carbons (Fsp3) is 0.680. The summed E-state index contributed by atoms with van der Waals surface area (Å²) in [6.45, 7) is 1.43. The normalized spacial score (nSPS) is 28.8. The van der Waals surface area contributed by atoms with Crippen LogP contribution in [0.4, 0.5) is 4.79 Å². The number of hydrogen-bond acceptors (Lipinski definition) is 5. The topological polar surface area (TPSA) is 105 Å². The second-order valence-corrected chi connectivity index (χ2v) is 10.1. The van der Waals surface area contributed by atoms with E-state index in [0.717, 1.165) is 44.9 Å². The first-order valence-electron chi connectivity index (χ1n) is 12.3. The van der Waals surface area contributed by atoms with Gasteiger partial charge in [-0.1, -0.05) is 30.3 Å². The van der Waals surface area contributed by atoms with Gasteiger partial charge in [0, 0.05) is 31.6 Å². The van der Waals surface area contributed by atoms with E-state index in [-0.39, 0.29) is 42.6 Å². The van der Waals surface area contributed by atoms with Crippen LogP contribution in [0, 0.1) is 0 Å². The fourth-order valence-electron chi connectivity index (χ4n) is 5.86. The fourth-order valence-corrected chi connectivity index (χ4v) is 5.86. The average Bonchev–Trinajstić information content (AvgIpc) is 3.07. The lowest BCUT2D eigenvalue weighted by molar-refractivity contribution is -0.121. The zero-order chi connectivity index (χ0) is 23.5. The lowest BCUT2D eigenvalue weighted by Gasteiger charge is -2.50. The summed E-state index contributed by atoms with van der Waals surface area (Å²) in [5.74, 6) is -0.163. The molecule has 0 atom stereocenters. The van der Waals surface area contributed by atoms with E-state index < -0.39 is 5.60 Å². The van der Waals surface area contributed by atoms with Gasteiger partial charge in [0.15, 0.2) is 0 Å². The first-order valence-corrected chi connectivity index (χ1v) is 12.3. The second kappa shape index (κ2) is 9.60. The van der Waals surface area contributed by atoms with Gasteiger partial charge in [-0.3, -0.25) is 4.79 Å². The number of carbonyl (C=O) groups excluding carboxylic acids is 2. The van der Waals surface area contributed by atoms with Crippen LogP contribution in [0.15, 0.2) is 30.3 Å². The quantitative estimate of drug-likeness (QED) is 0.450. The molecule has 3 aliphatic rings. The SMILES string of the molecule is CNC1(c2ccccc2)CCC2(CC1)CN(CCC(=O)NCCO)C(=O)N2CC1(O)CCC1. The van der Waals surface area contributed by atoms with Crippen molar-refractivity contribution >= 4 is 11.9 Å². The van der Waals surface area contributed by atoms with E-state index in [1.807, 2.05) is 18.0 Å². The van der Waals surface area contributed by atoms with Crippen LogP contribution in [-0.2, 0) is 10.3 Å². The van der Waals surface area contributed by atoms with Crippen LogP contribution < -0.4 is 10.6 Å². The minimum Gasteiger partial charge on any atom is -0.395 e. The van der Waals surface area contributed by atoms with Gasteiger partial charge in [-0.25, -0.2) is 4.79 Å². The van der Waals surface area contributed by atoms with E-state index >= 15 is 0 Å². The zero-order valence-electron chi connectivity index (χ0n) is 19.7. The molecule has 3 amide bonds. The van der Waals surface area contributed by atoms with Gasteiger partial charge in [-0.15, -0.1) is 0 Å². The highest BCUT2D eigenvalue weighted by atomic mass is 16.3. The van der Waals surface area contributed by atoms with Crippen molar-refractivity contribution < 1.29 is 19.8 Å². The molecule has 1 aromatic rings. The molecule has 0 radical (unpaired) electrons. The number of rotatable bonds is 9. The van der Waals surface area contributed by atoms with Gasteiger partial charge in [0.1, 0.15) is 0 Å². The van der Waals surface area contributed by atoms with Crippen LogP contribution in [-0.4, -0.2) is 82.9 Å². The third kappa shape index (κ3) is 4.74. The van der Waals surface area contributed by atoms with Gasteiger partial charge in [0.2, 0.25) is 5.91 Å². The summed E-state index contributed by atoms with van der Waals surface area (Å²) in [7, 11) is 2.01. The Morgan fingerprint density at radius 2 is 1.79 bits per heavy atom. The highest BCUT2D eigenvalue weighted by Gasteiger charge is 2.55. The predicted octanol–water partition coefficient (Wildman–Crippen LogP) is 1.57. The van der Waals surface area contributed by atoms with Crippen molar-refractivity contribution in [3.8, 4) is 0 Å². The Balaban J connectivity index is 1.50. The summed E-state index contributed by atoms with van der Waals surface area (Å²) in [6, 6.07) is 10.4. The van der Waals surface area contributed by atoms with Crippen molar-refractivity contribution in [3.05, 3.63) is 35.9 Å². The van der Waals surface area contributed by atoms with E-state index in [2.05, 4.69) is 34.9 Å². The molecule has 2 aliphatic carbocycles. The molecule has 0 aromatic heterocycles. The van der Waals surface area contributed by atoms with Gasteiger partial charge in [-0.05, 0) is 57.6 Å². The minimum absolute atomic E-state index is 0.0676. The van der Waals surface area contributed by atoms with Crippen molar-refractivity contribution in [1.82, 2.24) is 20.4 Å². The Labute approximate surface area is 196 Å². The van der Waals surface area contributed by atoms with E-state index in [4.69, 9.17) is 5.11 Å². The molecule has 4 N–H and O–H groups in total. The minimum atomic E-state index is -0.784. The molecule has 3 fully saturated rings. The van der Waals surface area contributed by atoms with Crippen LogP contribution in [0.1, 0.15) is 56.9 Å². The summed E-state index contributed by atoms with van der Waals surface area (Å²) < 4.78 is 0. The number of carbonyl (C=O) groups is 2. The molecule has 2 saturated carbocycles. The Kier molecular flexibility index (Phi) is 6.98. The molecule has 4 rings (SSSR count). The molecule has 8 nitrogen and oxygen atoms in total. The van der Waals surface area contributed by atoms with Crippen molar-refractivity contribution in [1.29, 1.82) is 0 Å². The third-order valence-corrected chi connectivity index (χ3v) is 8.18. The molecule has 182 valence electrons. The van der Waals surface area contributed by atoms with E-state index in [1.165, 1.54) is 5.56 Å². The standard InChI is InChI=1S/C25H38N4O4/c1-26-25(20-6-3-2-4-7-20)13-11-23(12-14-25)18-28(16-8-21(31)27-15-17-30)22(32)29(23)19-24(33)9-5-10-24/h2-4,6-7,26,30,33H,5,8-19H2,1H3,(H,27,31). The number of amides is 3. The summed E-state index contributed by atoms with van der Waals surface area (Å²) in [4.78, 5) is 29.3. The van der Waals surface area contributed by atoms with Gasteiger partial charge >= 0.3 is 6.03 Å². The van der Waals surface area contributed by atoms with Gasteiger partial charge in [0.05, 0.1) is 24.3 Å². The lowest BCUT2D eigenvalue weighted by Crippen LogP contribution is -2.59. The molecule has 0 bridgehead atoms. The Bertz CT molecular complexity index is 834. The van der Waals surface area contributed by atoms with Crippen LogP contribution in [0.3, 0.4) is 0 Å². The molecule has 33 heavy (non-hydrogen) atoms. The first kappa shape index (κ1) is 24.0. The Hall–Kier alpha value is -2.16. The molecular weight excluding hydrogens is 420 g/mol. The molecule has 1 heterocycles. The molecule has 1 spiro atoms. The summed E-state index contributed by atoms with van der Waals surface area (Å²) in [5.41, 5.74) is 0.0488. The van der Waals surface area contributed by atoms with E-state index in [0.29, 0.717) is 19.6 Å². The second-order valence-electron chi connectivity index (χ2n) is 10.1. The van der Waals surface area contributed by atoms with E-state index in [1.54, 1.807) is 4.90 Å². The van der Waals surface area contributed by atoms with Gasteiger partial charge in [-0.2, -0.15) is 0 Å². The van der Waals surface area contributed by atoms with Crippen LogP contribution in [0.25, 0.3) is 0 Å². The van der Waals surface area contributed by atoms with Gasteiger partial charge < -0.3 is 30.6 Å². The zero-order valence-corrected chi connectivity index (χ0v) is 19.7. The van der Waals surface area contributed by atoms with Crippen molar-refractivity contribution in [3.63, 3.8) is 0 Å². The molecule has 1 aliphatic heterocycles. The predicted molar refractivity (Wildman–Crippen MR) is 126 cm³/mol. The molecule has 8 heteroatoms. The van der Waals surface area contributed by atoms with Crippen molar-refractivity contribution in [2.24, 2.45) is 0 Å². The maximum Gasteiger partial charge on any atom is 0.320 e. The highest BCUT2D eigenvalue weighted by Crippen LogP contribution is 2.48. The Morgan fingerprint density at radius 3 is 2.36 bits per heavy atom. The highest BCUT2D eigenvalue weighted by molar-refractivity contribution is 5.80. The molecule has 0 unspecified atom stereocenters. The molecule has 1 saturated heterocycles. The smallest absolute Gasteiger partial charge is 0.320 e. The number of nitrogens with zero attached hydrogens (tertiary/aromatic N) is 2. The monoisotopic (exact) mass is 458 g/mol. The number of aliphatic hydroxyl groups is 2. The summed E-state index contributed by atoms with van der Waals surface area (Å²) >= 11 is 0. The maximum atomic E-state index is 13.5. The maximum absolute atomic E-state index is 13.5. The number of β-amino-alcohol motifs (C(OH)–C–C–N with tert-alkyl or cyclic N) is 1. The lowest BCUT2D eigenvalue weighted by atomic mass is 9.68. The van der Waals surface area contributed by atoms with Crippen LogP contribution in [0.5, 0.6) is 0 Å². The number of hydrogen-bond donors (Lipinski definition) is 4. The van der Waals surface area contributed by atoms with Gasteiger partial charge in [0.25, 0.3) is 0 Å². The summed E-state index contributed by atoms with van der Waals surface area (Å²) in [6.07, 6.45) is 6.18. The van der Waals surface area contributed by atoms with E-state index in [9.17, 15) is 14.7 Å². The Morgan fingerprint density at radius 1 is 1.09 bits per heavy atom. The van der Waals surface area contributed by atoms with Crippen molar-refractivity contribution in [2.75, 3.05) is 39.8 Å². The number of nitrogens with one attached hydrogen (secondary N) is 2.